The van der Waals surface area contributed by atoms with Crippen molar-refractivity contribution in [3.8, 4) is 0 Å². The molecule has 2 N–H and O–H groups in total. The summed E-state index contributed by atoms with van der Waals surface area (Å²) >= 11 is 1.31. The van der Waals surface area contributed by atoms with E-state index in [0.29, 0.717) is 16.4 Å². The Bertz CT molecular complexity index is 1150. The van der Waals surface area contributed by atoms with E-state index in [1.807, 2.05) is 83.1 Å². The number of nitrogens with zero attached hydrogens (tertiary/aromatic N) is 2. The lowest BCUT2D eigenvalue weighted by atomic mass is 9.99. The molecule has 0 saturated heterocycles. The molecule has 2 aromatic carbocycles. The van der Waals surface area contributed by atoms with Crippen LogP contribution >= 0.6 is 11.3 Å². The minimum Gasteiger partial charge on any atom is -0.349 e. The Morgan fingerprint density at radius 3 is 2.09 bits per heavy atom. The summed E-state index contributed by atoms with van der Waals surface area (Å²) in [5.74, 6) is -0.913. The zero-order valence-corrected chi connectivity index (χ0v) is 21.6. The van der Waals surface area contributed by atoms with Crippen molar-refractivity contribution in [1.82, 2.24) is 10.3 Å². The smallest absolute Gasteiger partial charge is 0.248 e. The topological polar surface area (TPSA) is 91.4 Å². The summed E-state index contributed by atoms with van der Waals surface area (Å²) in [5, 5.41) is 7.98. The molecular weight excluding hydrogens is 460 g/mol. The second-order valence-corrected chi connectivity index (χ2v) is 10.4. The van der Waals surface area contributed by atoms with Gasteiger partial charge in [0.15, 0.2) is 5.13 Å². The van der Waals surface area contributed by atoms with Crippen LogP contribution in [0.1, 0.15) is 56.3 Å². The lowest BCUT2D eigenvalue weighted by Gasteiger charge is -2.34. The molecule has 35 heavy (non-hydrogen) atoms. The Morgan fingerprint density at radius 2 is 1.54 bits per heavy atom. The van der Waals surface area contributed by atoms with Crippen molar-refractivity contribution in [2.24, 2.45) is 0 Å². The van der Waals surface area contributed by atoms with Crippen molar-refractivity contribution >= 4 is 39.9 Å². The molecule has 7 nitrogen and oxygen atoms in total. The van der Waals surface area contributed by atoms with Gasteiger partial charge in [-0.2, -0.15) is 0 Å². The molecular formula is C27H32N4O3S. The molecule has 3 aromatic rings. The molecule has 0 bridgehead atoms. The number of aromatic nitrogens is 1. The number of hydrogen-bond acceptors (Lipinski definition) is 5. The lowest BCUT2D eigenvalue weighted by molar-refractivity contribution is -0.128. The van der Waals surface area contributed by atoms with Crippen LogP contribution in [-0.4, -0.2) is 28.2 Å². The first kappa shape index (κ1) is 26.1. The highest BCUT2D eigenvalue weighted by atomic mass is 32.1. The van der Waals surface area contributed by atoms with Crippen molar-refractivity contribution in [3.63, 3.8) is 0 Å². The van der Waals surface area contributed by atoms with E-state index >= 15 is 0 Å². The first-order chi connectivity index (χ1) is 16.5. The van der Waals surface area contributed by atoms with Gasteiger partial charge in [0.25, 0.3) is 0 Å². The number of carbonyl (C=O) groups is 3. The summed E-state index contributed by atoms with van der Waals surface area (Å²) in [5.41, 5.74) is 2.88. The molecule has 3 rings (SSSR count). The fourth-order valence-electron chi connectivity index (χ4n) is 3.55. The molecule has 3 amide bonds. The molecule has 0 spiro atoms. The fourth-order valence-corrected chi connectivity index (χ4v) is 4.10. The third-order valence-electron chi connectivity index (χ3n) is 5.22. The van der Waals surface area contributed by atoms with Crippen LogP contribution < -0.4 is 15.5 Å². The summed E-state index contributed by atoms with van der Waals surface area (Å²) in [4.78, 5) is 45.2. The molecule has 0 radical (unpaired) electrons. The van der Waals surface area contributed by atoms with Crippen LogP contribution in [0.2, 0.25) is 0 Å². The Balaban J connectivity index is 1.95. The number of anilines is 2. The zero-order chi connectivity index (χ0) is 25.6. The van der Waals surface area contributed by atoms with Gasteiger partial charge in [-0.15, -0.1) is 11.3 Å². The summed E-state index contributed by atoms with van der Waals surface area (Å²) in [7, 11) is 0. The maximum atomic E-state index is 13.6. The van der Waals surface area contributed by atoms with Crippen molar-refractivity contribution in [2.75, 3.05) is 10.2 Å². The number of aryl methyl sites for hydroxylation is 2. The molecule has 184 valence electrons. The maximum Gasteiger partial charge on any atom is 0.248 e. The normalized spacial score (nSPS) is 12.0. The van der Waals surface area contributed by atoms with Crippen LogP contribution in [0.15, 0.2) is 60.1 Å². The van der Waals surface area contributed by atoms with Crippen LogP contribution in [-0.2, 0) is 14.4 Å². The third kappa shape index (κ3) is 7.48. The van der Waals surface area contributed by atoms with E-state index < -0.39 is 11.6 Å². The van der Waals surface area contributed by atoms with E-state index in [2.05, 4.69) is 15.6 Å². The van der Waals surface area contributed by atoms with Crippen LogP contribution in [0.25, 0.3) is 0 Å². The predicted molar refractivity (Wildman–Crippen MR) is 140 cm³/mol. The van der Waals surface area contributed by atoms with Crippen LogP contribution in [0, 0.1) is 13.8 Å². The third-order valence-corrected chi connectivity index (χ3v) is 5.91. The molecule has 0 aliphatic rings. The highest BCUT2D eigenvalue weighted by Crippen LogP contribution is 2.30. The largest absolute Gasteiger partial charge is 0.349 e. The highest BCUT2D eigenvalue weighted by molar-refractivity contribution is 7.13. The van der Waals surface area contributed by atoms with E-state index in [4.69, 9.17) is 0 Å². The Hall–Kier alpha value is -3.52. The van der Waals surface area contributed by atoms with Gasteiger partial charge in [-0.05, 0) is 52.3 Å². The molecule has 1 aromatic heterocycles. The summed E-state index contributed by atoms with van der Waals surface area (Å²) in [6.07, 6.45) is 1.52. The summed E-state index contributed by atoms with van der Waals surface area (Å²) in [6, 6.07) is 14.1. The van der Waals surface area contributed by atoms with E-state index in [9.17, 15) is 14.4 Å². The SMILES string of the molecule is Cc1ccc([C@H](C(=O)NC(C)(C)C)N(C(=O)CCC(=O)Nc2nccs2)c2ccc(C)cc2)cc1. The Labute approximate surface area is 210 Å². The summed E-state index contributed by atoms with van der Waals surface area (Å²) < 4.78 is 0. The van der Waals surface area contributed by atoms with Crippen molar-refractivity contribution in [3.05, 3.63) is 76.8 Å². The number of carbonyl (C=O) groups excluding carboxylic acids is 3. The molecule has 0 aliphatic carbocycles. The highest BCUT2D eigenvalue weighted by Gasteiger charge is 2.34. The van der Waals surface area contributed by atoms with Gasteiger partial charge in [-0.3, -0.25) is 19.3 Å². The molecule has 0 saturated carbocycles. The van der Waals surface area contributed by atoms with Crippen LogP contribution in [0.3, 0.4) is 0 Å². The van der Waals surface area contributed by atoms with Gasteiger partial charge < -0.3 is 10.6 Å². The first-order valence-corrected chi connectivity index (χ1v) is 12.4. The number of thiazole rings is 1. The minimum absolute atomic E-state index is 0.0255. The van der Waals surface area contributed by atoms with Crippen LogP contribution in [0.4, 0.5) is 10.8 Å². The van der Waals surface area contributed by atoms with E-state index in [1.165, 1.54) is 16.2 Å². The lowest BCUT2D eigenvalue weighted by Crippen LogP contribution is -2.49. The zero-order valence-electron chi connectivity index (χ0n) is 20.8. The molecule has 0 fully saturated rings. The standard InChI is InChI=1S/C27H32N4O3S/c1-18-6-10-20(11-7-18)24(25(34)30-27(3,4)5)31(21-12-8-19(2)9-13-21)23(33)15-14-22(32)29-26-28-16-17-35-26/h6-13,16-17,24H,14-15H2,1-5H3,(H,30,34)(H,28,29,32)/t24-/m1/s1. The monoisotopic (exact) mass is 492 g/mol. The Kier molecular flexibility index (Phi) is 8.40. The van der Waals surface area contributed by atoms with Gasteiger partial charge in [0.1, 0.15) is 6.04 Å². The van der Waals surface area contributed by atoms with E-state index in [-0.39, 0.29) is 30.6 Å². The second-order valence-electron chi connectivity index (χ2n) is 9.54. The van der Waals surface area contributed by atoms with Gasteiger partial charge in [0.2, 0.25) is 17.7 Å². The van der Waals surface area contributed by atoms with E-state index in [1.54, 1.807) is 11.6 Å². The van der Waals surface area contributed by atoms with Crippen molar-refractivity contribution < 1.29 is 14.4 Å². The predicted octanol–water partition coefficient (Wildman–Crippen LogP) is 5.17. The quantitative estimate of drug-likeness (QED) is 0.454. The maximum absolute atomic E-state index is 13.6. The van der Waals surface area contributed by atoms with Crippen molar-refractivity contribution in [2.45, 2.75) is 59.0 Å². The number of rotatable bonds is 8. The number of amides is 3. The van der Waals surface area contributed by atoms with Crippen molar-refractivity contribution in [1.29, 1.82) is 0 Å². The fraction of sp³-hybridized carbons (Fsp3) is 0.333. The van der Waals surface area contributed by atoms with Gasteiger partial charge in [0, 0.05) is 35.6 Å². The van der Waals surface area contributed by atoms with Crippen LogP contribution in [0.5, 0.6) is 0 Å². The first-order valence-electron chi connectivity index (χ1n) is 11.5. The Morgan fingerprint density at radius 1 is 0.943 bits per heavy atom. The second kappa shape index (κ2) is 11.3. The van der Waals surface area contributed by atoms with Gasteiger partial charge in [-0.1, -0.05) is 47.5 Å². The molecule has 1 atom stereocenters. The van der Waals surface area contributed by atoms with Gasteiger partial charge >= 0.3 is 0 Å². The molecule has 8 heteroatoms. The number of nitrogens with one attached hydrogen (secondary N) is 2. The average Bonchev–Trinajstić information content (AvgIpc) is 3.29. The molecule has 1 heterocycles. The molecule has 0 aliphatic heterocycles. The molecule has 0 unspecified atom stereocenters. The number of hydrogen-bond donors (Lipinski definition) is 2. The minimum atomic E-state index is -0.896. The average molecular weight is 493 g/mol. The summed E-state index contributed by atoms with van der Waals surface area (Å²) in [6.45, 7) is 9.63. The van der Waals surface area contributed by atoms with Gasteiger partial charge in [-0.25, -0.2) is 4.98 Å². The number of benzene rings is 2. The van der Waals surface area contributed by atoms with E-state index in [0.717, 1.165) is 11.1 Å². The van der Waals surface area contributed by atoms with Gasteiger partial charge in [0.05, 0.1) is 0 Å².